The van der Waals surface area contributed by atoms with Crippen LogP contribution in [0.5, 0.6) is 0 Å². The minimum Gasteiger partial charge on any atom is -0.398 e. The zero-order valence-electron chi connectivity index (χ0n) is 11.4. The first-order valence-corrected chi connectivity index (χ1v) is 7.13. The van der Waals surface area contributed by atoms with Crippen molar-refractivity contribution in [2.24, 2.45) is 5.92 Å². The van der Waals surface area contributed by atoms with Crippen molar-refractivity contribution in [3.8, 4) is 0 Å². The molecule has 1 fully saturated rings. The molecule has 0 atom stereocenters. The van der Waals surface area contributed by atoms with Crippen LogP contribution in [0.3, 0.4) is 0 Å². The van der Waals surface area contributed by atoms with Gasteiger partial charge in [0.1, 0.15) is 0 Å². The van der Waals surface area contributed by atoms with Crippen LogP contribution in [0, 0.1) is 12.8 Å². The van der Waals surface area contributed by atoms with E-state index in [1.54, 1.807) is 0 Å². The Morgan fingerprint density at radius 1 is 1.32 bits per heavy atom. The molecule has 1 aromatic heterocycles. The van der Waals surface area contributed by atoms with Gasteiger partial charge < -0.3 is 11.1 Å². The molecule has 0 amide bonds. The number of nitrogens with two attached hydrogens (primary N) is 1. The van der Waals surface area contributed by atoms with Gasteiger partial charge in [0.2, 0.25) is 0 Å². The second kappa shape index (κ2) is 5.08. The predicted molar refractivity (Wildman–Crippen MR) is 81.3 cm³/mol. The first-order chi connectivity index (χ1) is 9.24. The smallest absolute Gasteiger partial charge is 0.0422 e. The van der Waals surface area contributed by atoms with E-state index in [9.17, 15) is 0 Å². The van der Waals surface area contributed by atoms with E-state index in [-0.39, 0.29) is 0 Å². The average Bonchev–Trinajstić information content (AvgIpc) is 2.34. The van der Waals surface area contributed by atoms with E-state index in [0.29, 0.717) is 0 Å². The van der Waals surface area contributed by atoms with Gasteiger partial charge in [0, 0.05) is 40.6 Å². The van der Waals surface area contributed by atoms with Gasteiger partial charge in [0.25, 0.3) is 0 Å². The van der Waals surface area contributed by atoms with Crippen molar-refractivity contribution in [1.29, 1.82) is 0 Å². The molecule has 0 saturated heterocycles. The van der Waals surface area contributed by atoms with Gasteiger partial charge in [-0.25, -0.2) is 0 Å². The molecule has 2 aromatic rings. The number of anilines is 2. The number of aryl methyl sites for hydroxylation is 1. The molecular weight excluding hydrogens is 234 g/mol. The van der Waals surface area contributed by atoms with Crippen molar-refractivity contribution in [1.82, 2.24) is 4.98 Å². The summed E-state index contributed by atoms with van der Waals surface area (Å²) in [6, 6.07) is 6.15. The Bertz CT molecular complexity index is 588. The van der Waals surface area contributed by atoms with Gasteiger partial charge in [0.05, 0.1) is 0 Å². The number of rotatable bonds is 4. The van der Waals surface area contributed by atoms with Crippen molar-refractivity contribution in [2.75, 3.05) is 17.6 Å². The molecular formula is C16H21N3. The van der Waals surface area contributed by atoms with Crippen LogP contribution in [-0.2, 0) is 0 Å². The minimum absolute atomic E-state index is 0.798. The number of benzene rings is 1. The summed E-state index contributed by atoms with van der Waals surface area (Å²) >= 11 is 0. The van der Waals surface area contributed by atoms with Crippen molar-refractivity contribution in [3.05, 3.63) is 30.1 Å². The molecule has 1 aromatic carbocycles. The summed E-state index contributed by atoms with van der Waals surface area (Å²) in [4.78, 5) is 4.33. The fraction of sp³-hybridized carbons (Fsp3) is 0.438. The first-order valence-electron chi connectivity index (χ1n) is 7.13. The van der Waals surface area contributed by atoms with E-state index in [0.717, 1.165) is 29.2 Å². The van der Waals surface area contributed by atoms with E-state index in [4.69, 9.17) is 5.73 Å². The summed E-state index contributed by atoms with van der Waals surface area (Å²) in [6.45, 7) is 3.06. The van der Waals surface area contributed by atoms with Crippen LogP contribution in [-0.4, -0.2) is 11.5 Å². The molecule has 19 heavy (non-hydrogen) atoms. The average molecular weight is 255 g/mol. The maximum absolute atomic E-state index is 6.01. The molecule has 3 nitrogen and oxygen atoms in total. The maximum atomic E-state index is 6.01. The number of hydrogen-bond acceptors (Lipinski definition) is 3. The van der Waals surface area contributed by atoms with Crippen molar-refractivity contribution >= 4 is 22.1 Å². The number of nitrogens with one attached hydrogen (secondary N) is 1. The van der Waals surface area contributed by atoms with Crippen LogP contribution >= 0.6 is 0 Å². The predicted octanol–water partition coefficient (Wildman–Crippen LogP) is 3.73. The fourth-order valence-electron chi connectivity index (χ4n) is 2.71. The van der Waals surface area contributed by atoms with E-state index < -0.39 is 0 Å². The Morgan fingerprint density at radius 3 is 2.89 bits per heavy atom. The van der Waals surface area contributed by atoms with Gasteiger partial charge in [-0.3, -0.25) is 4.98 Å². The van der Waals surface area contributed by atoms with Crippen molar-refractivity contribution in [2.45, 2.75) is 32.6 Å². The second-order valence-electron chi connectivity index (χ2n) is 5.59. The van der Waals surface area contributed by atoms with Crippen LogP contribution in [0.15, 0.2) is 24.4 Å². The molecule has 3 N–H and O–H groups in total. The summed E-state index contributed by atoms with van der Waals surface area (Å²) in [6.07, 6.45) is 7.38. The monoisotopic (exact) mass is 255 g/mol. The third-order valence-corrected chi connectivity index (χ3v) is 4.16. The summed E-state index contributed by atoms with van der Waals surface area (Å²) in [5.41, 5.74) is 9.02. The Morgan fingerprint density at radius 2 is 2.16 bits per heavy atom. The molecule has 1 saturated carbocycles. The maximum Gasteiger partial charge on any atom is 0.0422 e. The highest BCUT2D eigenvalue weighted by molar-refractivity contribution is 6.00. The topological polar surface area (TPSA) is 50.9 Å². The molecule has 0 radical (unpaired) electrons. The highest BCUT2D eigenvalue weighted by Crippen LogP contribution is 2.31. The molecule has 0 bridgehead atoms. The molecule has 1 aliphatic rings. The molecule has 100 valence electrons. The number of pyridine rings is 1. The lowest BCUT2D eigenvalue weighted by Gasteiger charge is -2.25. The van der Waals surface area contributed by atoms with Crippen LogP contribution in [0.2, 0.25) is 0 Å². The van der Waals surface area contributed by atoms with Gasteiger partial charge in [-0.2, -0.15) is 0 Å². The van der Waals surface area contributed by atoms with Crippen LogP contribution in [0.25, 0.3) is 10.8 Å². The molecule has 1 aliphatic carbocycles. The summed E-state index contributed by atoms with van der Waals surface area (Å²) in [5.74, 6) is 0.941. The highest BCUT2D eigenvalue weighted by Gasteiger charge is 2.16. The van der Waals surface area contributed by atoms with Gasteiger partial charge in [0.15, 0.2) is 0 Å². The van der Waals surface area contributed by atoms with Crippen molar-refractivity contribution in [3.63, 3.8) is 0 Å². The standard InChI is InChI=1S/C16H21N3/c1-11-9-13-14(10-19-11)15(17)5-6-16(13)18-8-7-12-3-2-4-12/h5-6,9-10,12,18H,2-4,7-8,17H2,1H3. The third kappa shape index (κ3) is 2.50. The minimum atomic E-state index is 0.798. The lowest BCUT2D eigenvalue weighted by atomic mass is 9.83. The molecule has 0 unspecified atom stereocenters. The zero-order valence-corrected chi connectivity index (χ0v) is 11.4. The number of nitrogen functional groups attached to an aromatic ring is 1. The lowest BCUT2D eigenvalue weighted by Crippen LogP contribution is -2.15. The third-order valence-electron chi connectivity index (χ3n) is 4.16. The van der Waals surface area contributed by atoms with E-state index >= 15 is 0 Å². The van der Waals surface area contributed by atoms with E-state index in [1.807, 2.05) is 19.2 Å². The van der Waals surface area contributed by atoms with Gasteiger partial charge >= 0.3 is 0 Å². The molecule has 0 aliphatic heterocycles. The number of nitrogens with zero attached hydrogens (tertiary/aromatic N) is 1. The first kappa shape index (κ1) is 12.3. The Kier molecular flexibility index (Phi) is 3.28. The van der Waals surface area contributed by atoms with E-state index in [2.05, 4.69) is 22.4 Å². The number of fused-ring (bicyclic) bond motifs is 1. The number of aromatic nitrogens is 1. The van der Waals surface area contributed by atoms with Gasteiger partial charge in [-0.1, -0.05) is 19.3 Å². The quantitative estimate of drug-likeness (QED) is 0.818. The fourth-order valence-corrected chi connectivity index (χ4v) is 2.71. The van der Waals surface area contributed by atoms with Gasteiger partial charge in [-0.15, -0.1) is 0 Å². The SMILES string of the molecule is Cc1cc2c(NCCC3CCC3)ccc(N)c2cn1. The van der Waals surface area contributed by atoms with Crippen LogP contribution in [0.1, 0.15) is 31.4 Å². The molecule has 1 heterocycles. The van der Waals surface area contributed by atoms with Crippen LogP contribution in [0.4, 0.5) is 11.4 Å². The lowest BCUT2D eigenvalue weighted by molar-refractivity contribution is 0.303. The van der Waals surface area contributed by atoms with E-state index in [1.165, 1.54) is 36.8 Å². The molecule has 0 spiro atoms. The highest BCUT2D eigenvalue weighted by atomic mass is 14.9. The summed E-state index contributed by atoms with van der Waals surface area (Å²) in [7, 11) is 0. The Hall–Kier alpha value is -1.77. The normalized spacial score (nSPS) is 15.4. The summed E-state index contributed by atoms with van der Waals surface area (Å²) in [5, 5.41) is 5.78. The largest absolute Gasteiger partial charge is 0.398 e. The van der Waals surface area contributed by atoms with Crippen LogP contribution < -0.4 is 11.1 Å². The second-order valence-corrected chi connectivity index (χ2v) is 5.59. The van der Waals surface area contributed by atoms with Gasteiger partial charge in [-0.05, 0) is 37.5 Å². The number of hydrogen-bond donors (Lipinski definition) is 2. The Balaban J connectivity index is 1.81. The Labute approximate surface area is 114 Å². The zero-order chi connectivity index (χ0) is 13.2. The van der Waals surface area contributed by atoms with Crippen molar-refractivity contribution < 1.29 is 0 Å². The molecule has 3 rings (SSSR count). The molecule has 3 heteroatoms. The summed E-state index contributed by atoms with van der Waals surface area (Å²) < 4.78 is 0.